The van der Waals surface area contributed by atoms with Gasteiger partial charge in [0.25, 0.3) is 0 Å². The molecule has 0 bridgehead atoms. The zero-order valence-electron chi connectivity index (χ0n) is 17.3. The summed E-state index contributed by atoms with van der Waals surface area (Å²) in [6, 6.07) is 15.2. The van der Waals surface area contributed by atoms with Crippen LogP contribution in [0.25, 0.3) is 0 Å². The molecule has 0 saturated heterocycles. The van der Waals surface area contributed by atoms with Gasteiger partial charge >= 0.3 is 0 Å². The average molecular weight is 419 g/mol. The number of benzene rings is 2. The van der Waals surface area contributed by atoms with E-state index in [1.165, 1.54) is 16.1 Å². The van der Waals surface area contributed by atoms with Crippen molar-refractivity contribution >= 4 is 21.6 Å². The largest absolute Gasteiger partial charge is 0.497 e. The number of anilines is 1. The van der Waals surface area contributed by atoms with E-state index in [0.717, 1.165) is 24.2 Å². The minimum absolute atomic E-state index is 0.0574. The number of hydrogen-bond donors (Lipinski definition) is 1. The molecule has 0 saturated carbocycles. The fourth-order valence-corrected chi connectivity index (χ4v) is 4.12. The summed E-state index contributed by atoms with van der Waals surface area (Å²) in [5.41, 5.74) is 2.75. The van der Waals surface area contributed by atoms with Crippen molar-refractivity contribution in [3.05, 3.63) is 59.7 Å². The van der Waals surface area contributed by atoms with E-state index in [-0.39, 0.29) is 12.5 Å². The Morgan fingerprint density at radius 1 is 1.07 bits per heavy atom. The number of methoxy groups -OCH3 is 1. The Morgan fingerprint density at radius 3 is 2.38 bits per heavy atom. The normalized spacial score (nSPS) is 11.1. The summed E-state index contributed by atoms with van der Waals surface area (Å²) in [5, 5.41) is 2.91. The van der Waals surface area contributed by atoms with Gasteiger partial charge in [0.2, 0.25) is 15.9 Å². The average Bonchev–Trinajstić information content (AvgIpc) is 2.69. The lowest BCUT2D eigenvalue weighted by Crippen LogP contribution is -2.32. The van der Waals surface area contributed by atoms with Gasteiger partial charge in [-0.25, -0.2) is 8.42 Å². The summed E-state index contributed by atoms with van der Waals surface area (Å²) in [6.45, 7) is 2.75. The number of hydrogen-bond acceptors (Lipinski definition) is 4. The third-order valence-electron chi connectivity index (χ3n) is 4.67. The standard InChI is InChI=1S/C22H30N2O4S/c1-18-8-4-5-10-21(18)24(29(3,26)27)17-7-11-22(25)23-16-6-9-19-12-14-20(28-2)15-13-19/h4-5,8,10,12-15H,6-7,9,11,16-17H2,1-3H3,(H,23,25). The van der Waals surface area contributed by atoms with E-state index < -0.39 is 10.0 Å². The van der Waals surface area contributed by atoms with E-state index in [1.807, 2.05) is 49.4 Å². The minimum atomic E-state index is -3.40. The molecule has 6 nitrogen and oxygen atoms in total. The molecule has 0 unspecified atom stereocenters. The van der Waals surface area contributed by atoms with Gasteiger partial charge in [-0.1, -0.05) is 30.3 Å². The fraction of sp³-hybridized carbons (Fsp3) is 0.409. The van der Waals surface area contributed by atoms with Gasteiger partial charge in [0.1, 0.15) is 5.75 Å². The van der Waals surface area contributed by atoms with E-state index in [0.29, 0.717) is 25.1 Å². The number of carbonyl (C=O) groups excluding carboxylic acids is 1. The van der Waals surface area contributed by atoms with Crippen LogP contribution in [0.3, 0.4) is 0 Å². The first-order chi connectivity index (χ1) is 13.8. The van der Waals surface area contributed by atoms with Crippen molar-refractivity contribution in [2.45, 2.75) is 32.6 Å². The van der Waals surface area contributed by atoms with Crippen LogP contribution in [0.4, 0.5) is 5.69 Å². The molecule has 2 aromatic carbocycles. The molecule has 0 aliphatic heterocycles. The molecule has 1 amide bonds. The Labute approximate surface area is 173 Å². The quantitative estimate of drug-likeness (QED) is 0.568. The lowest BCUT2D eigenvalue weighted by molar-refractivity contribution is -0.121. The number of nitrogens with zero attached hydrogens (tertiary/aromatic N) is 1. The number of para-hydroxylation sites is 1. The van der Waals surface area contributed by atoms with Crippen molar-refractivity contribution in [3.63, 3.8) is 0 Å². The van der Waals surface area contributed by atoms with Crippen molar-refractivity contribution in [1.82, 2.24) is 5.32 Å². The molecular formula is C22H30N2O4S. The Balaban J connectivity index is 1.74. The lowest BCUT2D eigenvalue weighted by Gasteiger charge is -2.24. The maximum atomic E-state index is 12.2. The molecule has 0 heterocycles. The molecule has 2 rings (SSSR count). The van der Waals surface area contributed by atoms with Crippen molar-refractivity contribution in [2.24, 2.45) is 0 Å². The van der Waals surface area contributed by atoms with Gasteiger partial charge in [-0.15, -0.1) is 0 Å². The Morgan fingerprint density at radius 2 is 1.76 bits per heavy atom. The highest BCUT2D eigenvalue weighted by Crippen LogP contribution is 2.22. The maximum Gasteiger partial charge on any atom is 0.232 e. The molecule has 1 N–H and O–H groups in total. The molecule has 158 valence electrons. The van der Waals surface area contributed by atoms with Gasteiger partial charge < -0.3 is 10.1 Å². The predicted octanol–water partition coefficient (Wildman–Crippen LogP) is 3.30. The molecule has 0 spiro atoms. The number of ether oxygens (including phenoxy) is 1. The summed E-state index contributed by atoms with van der Waals surface area (Å²) < 4.78 is 30.8. The number of rotatable bonds is 11. The third-order valence-corrected chi connectivity index (χ3v) is 5.85. The first-order valence-corrected chi connectivity index (χ1v) is 11.6. The van der Waals surface area contributed by atoms with Gasteiger partial charge in [0.05, 0.1) is 19.1 Å². The summed E-state index contributed by atoms with van der Waals surface area (Å²) >= 11 is 0. The number of amides is 1. The van der Waals surface area contributed by atoms with Crippen LogP contribution in [0, 0.1) is 6.92 Å². The second-order valence-corrected chi connectivity index (χ2v) is 8.93. The molecule has 0 atom stereocenters. The van der Waals surface area contributed by atoms with Crippen LogP contribution < -0.4 is 14.4 Å². The van der Waals surface area contributed by atoms with Gasteiger partial charge in [0.15, 0.2) is 0 Å². The fourth-order valence-electron chi connectivity index (χ4n) is 3.09. The van der Waals surface area contributed by atoms with Gasteiger partial charge in [-0.05, 0) is 55.5 Å². The Hall–Kier alpha value is -2.54. The predicted molar refractivity (Wildman–Crippen MR) is 117 cm³/mol. The van der Waals surface area contributed by atoms with E-state index >= 15 is 0 Å². The zero-order chi connectivity index (χ0) is 21.3. The summed E-state index contributed by atoms with van der Waals surface area (Å²) in [4.78, 5) is 12.1. The second-order valence-electron chi connectivity index (χ2n) is 7.03. The van der Waals surface area contributed by atoms with E-state index in [9.17, 15) is 13.2 Å². The van der Waals surface area contributed by atoms with Gasteiger partial charge in [-0.3, -0.25) is 9.10 Å². The van der Waals surface area contributed by atoms with E-state index in [4.69, 9.17) is 4.74 Å². The third kappa shape index (κ3) is 7.42. The number of carbonyl (C=O) groups is 1. The molecular weight excluding hydrogens is 388 g/mol. The van der Waals surface area contributed by atoms with Crippen LogP contribution in [0.5, 0.6) is 5.75 Å². The molecule has 0 fully saturated rings. The van der Waals surface area contributed by atoms with Crippen LogP contribution in [-0.2, 0) is 21.2 Å². The second kappa shape index (κ2) is 10.9. The zero-order valence-corrected chi connectivity index (χ0v) is 18.2. The summed E-state index contributed by atoms with van der Waals surface area (Å²) in [6.07, 6.45) is 3.67. The van der Waals surface area contributed by atoms with Crippen molar-refractivity contribution in [2.75, 3.05) is 30.8 Å². The topological polar surface area (TPSA) is 75.7 Å². The molecule has 0 aromatic heterocycles. The monoisotopic (exact) mass is 418 g/mol. The molecule has 7 heteroatoms. The van der Waals surface area contributed by atoms with Crippen LogP contribution in [0.15, 0.2) is 48.5 Å². The minimum Gasteiger partial charge on any atom is -0.497 e. The number of sulfonamides is 1. The highest BCUT2D eigenvalue weighted by atomic mass is 32.2. The Kier molecular flexibility index (Phi) is 8.51. The van der Waals surface area contributed by atoms with Crippen LogP contribution in [0.1, 0.15) is 30.4 Å². The van der Waals surface area contributed by atoms with Crippen molar-refractivity contribution in [1.29, 1.82) is 0 Å². The summed E-state index contributed by atoms with van der Waals surface area (Å²) in [7, 11) is -1.76. The highest BCUT2D eigenvalue weighted by molar-refractivity contribution is 7.92. The Bertz CT molecular complexity index is 895. The van der Waals surface area contributed by atoms with E-state index in [2.05, 4.69) is 5.32 Å². The summed E-state index contributed by atoms with van der Waals surface area (Å²) in [5.74, 6) is 0.772. The van der Waals surface area contributed by atoms with Crippen LogP contribution >= 0.6 is 0 Å². The van der Waals surface area contributed by atoms with Crippen molar-refractivity contribution in [3.8, 4) is 5.75 Å². The lowest BCUT2D eigenvalue weighted by atomic mass is 10.1. The SMILES string of the molecule is COc1ccc(CCCNC(=O)CCCN(c2ccccc2C)S(C)(=O)=O)cc1. The molecule has 0 radical (unpaired) electrons. The molecule has 29 heavy (non-hydrogen) atoms. The van der Waals surface area contributed by atoms with E-state index in [1.54, 1.807) is 13.2 Å². The molecule has 0 aliphatic rings. The van der Waals surface area contributed by atoms with Crippen LogP contribution in [-0.4, -0.2) is 40.8 Å². The first kappa shape index (κ1) is 22.7. The smallest absolute Gasteiger partial charge is 0.232 e. The van der Waals surface area contributed by atoms with Gasteiger partial charge in [-0.2, -0.15) is 0 Å². The van der Waals surface area contributed by atoms with Crippen LogP contribution in [0.2, 0.25) is 0 Å². The molecule has 0 aliphatic carbocycles. The highest BCUT2D eigenvalue weighted by Gasteiger charge is 2.18. The van der Waals surface area contributed by atoms with Gasteiger partial charge in [0, 0.05) is 19.5 Å². The number of nitrogens with one attached hydrogen (secondary N) is 1. The first-order valence-electron chi connectivity index (χ1n) is 9.74. The maximum absolute atomic E-state index is 12.2. The molecule has 2 aromatic rings. The van der Waals surface area contributed by atoms with Crippen molar-refractivity contribution < 1.29 is 17.9 Å². The number of aryl methyl sites for hydroxylation is 2.